The maximum absolute atomic E-state index is 13.7. The van der Waals surface area contributed by atoms with E-state index in [1.807, 2.05) is 20.8 Å². The largest absolute Gasteiger partial charge is 0.399 e. The van der Waals surface area contributed by atoms with Crippen molar-refractivity contribution in [2.45, 2.75) is 33.7 Å². The minimum absolute atomic E-state index is 0.0742. The summed E-state index contributed by atoms with van der Waals surface area (Å²) in [6, 6.07) is 3.52. The number of nitrogens with zero attached hydrogens (tertiary/aromatic N) is 2. The van der Waals surface area contributed by atoms with Gasteiger partial charge in [0.05, 0.1) is 11.4 Å². The third-order valence-electron chi connectivity index (χ3n) is 3.68. The van der Waals surface area contributed by atoms with Gasteiger partial charge in [-0.2, -0.15) is 5.10 Å². The molecule has 0 spiro atoms. The number of nitrogens with two attached hydrogens (primary N) is 1. The van der Waals surface area contributed by atoms with Crippen LogP contribution in [0, 0.1) is 26.6 Å². The topological polar surface area (TPSA) is 72.9 Å². The molecule has 0 fully saturated rings. The predicted octanol–water partition coefficient (Wildman–Crippen LogP) is 2.73. The van der Waals surface area contributed by atoms with Crippen LogP contribution < -0.4 is 11.1 Å². The first-order chi connectivity index (χ1) is 9.81. The Labute approximate surface area is 123 Å². The number of aromatic nitrogens is 2. The van der Waals surface area contributed by atoms with E-state index in [9.17, 15) is 9.18 Å². The molecule has 112 valence electrons. The van der Waals surface area contributed by atoms with Crippen molar-refractivity contribution < 1.29 is 9.18 Å². The van der Waals surface area contributed by atoms with Crippen molar-refractivity contribution in [3.63, 3.8) is 0 Å². The van der Waals surface area contributed by atoms with Crippen LogP contribution in [0.5, 0.6) is 0 Å². The fourth-order valence-corrected chi connectivity index (χ4v) is 2.11. The minimum Gasteiger partial charge on any atom is -0.399 e. The molecule has 0 saturated heterocycles. The summed E-state index contributed by atoms with van der Waals surface area (Å²) in [6.07, 6.45) is 0. The first-order valence-electron chi connectivity index (χ1n) is 6.69. The van der Waals surface area contributed by atoms with Crippen molar-refractivity contribution in [3.05, 3.63) is 41.0 Å². The van der Waals surface area contributed by atoms with Gasteiger partial charge in [0.2, 0.25) is 5.91 Å². The van der Waals surface area contributed by atoms with E-state index < -0.39 is 11.9 Å². The molecular weight excluding hydrogens is 271 g/mol. The fourth-order valence-electron chi connectivity index (χ4n) is 2.11. The molecule has 1 amide bonds. The van der Waals surface area contributed by atoms with Gasteiger partial charge in [0.15, 0.2) is 0 Å². The second-order valence-corrected chi connectivity index (χ2v) is 5.14. The van der Waals surface area contributed by atoms with E-state index in [2.05, 4.69) is 10.4 Å². The minimum atomic E-state index is -0.543. The number of nitrogens with one attached hydrogen (secondary N) is 1. The zero-order valence-corrected chi connectivity index (χ0v) is 12.6. The van der Waals surface area contributed by atoms with Crippen LogP contribution in [-0.4, -0.2) is 15.7 Å². The molecule has 0 bridgehead atoms. The number of hydrogen-bond donors (Lipinski definition) is 2. The fraction of sp³-hybridized carbons (Fsp3) is 0.333. The summed E-state index contributed by atoms with van der Waals surface area (Å²) in [5.74, 6) is -0.862. The summed E-state index contributed by atoms with van der Waals surface area (Å²) >= 11 is 0. The summed E-state index contributed by atoms with van der Waals surface area (Å²) in [5.41, 5.74) is 8.91. The van der Waals surface area contributed by atoms with Crippen molar-refractivity contribution in [2.75, 3.05) is 11.1 Å². The molecule has 0 aliphatic carbocycles. The smallest absolute Gasteiger partial charge is 0.249 e. The summed E-state index contributed by atoms with van der Waals surface area (Å²) in [6.45, 7) is 7.47. The van der Waals surface area contributed by atoms with Crippen LogP contribution in [0.15, 0.2) is 18.2 Å². The highest BCUT2D eigenvalue weighted by atomic mass is 19.1. The van der Waals surface area contributed by atoms with E-state index in [0.717, 1.165) is 17.0 Å². The van der Waals surface area contributed by atoms with E-state index in [1.54, 1.807) is 11.6 Å². The number of anilines is 2. The lowest BCUT2D eigenvalue weighted by atomic mass is 10.2. The molecule has 3 N–H and O–H groups in total. The highest BCUT2D eigenvalue weighted by molar-refractivity contribution is 5.94. The summed E-state index contributed by atoms with van der Waals surface area (Å²) in [7, 11) is 0. The number of carbonyl (C=O) groups is 1. The van der Waals surface area contributed by atoms with E-state index in [4.69, 9.17) is 5.73 Å². The average Bonchev–Trinajstić information content (AvgIpc) is 2.69. The maximum atomic E-state index is 13.7. The van der Waals surface area contributed by atoms with E-state index >= 15 is 0 Å². The first-order valence-corrected chi connectivity index (χ1v) is 6.69. The third kappa shape index (κ3) is 2.89. The highest BCUT2D eigenvalue weighted by Crippen LogP contribution is 2.21. The zero-order valence-electron chi connectivity index (χ0n) is 12.6. The number of halogens is 1. The van der Waals surface area contributed by atoms with E-state index in [0.29, 0.717) is 5.69 Å². The lowest BCUT2D eigenvalue weighted by Gasteiger charge is -2.15. The van der Waals surface area contributed by atoms with Gasteiger partial charge in [-0.3, -0.25) is 9.48 Å². The van der Waals surface area contributed by atoms with Crippen LogP contribution in [0.2, 0.25) is 0 Å². The number of nitrogen functional groups attached to an aromatic ring is 1. The second-order valence-electron chi connectivity index (χ2n) is 5.14. The molecule has 2 rings (SSSR count). The van der Waals surface area contributed by atoms with Crippen molar-refractivity contribution in [3.8, 4) is 0 Å². The van der Waals surface area contributed by atoms with E-state index in [1.165, 1.54) is 18.2 Å². The van der Waals surface area contributed by atoms with Crippen molar-refractivity contribution in [2.24, 2.45) is 0 Å². The molecular formula is C15H19FN4O. The summed E-state index contributed by atoms with van der Waals surface area (Å²) < 4.78 is 15.3. The number of rotatable bonds is 3. The van der Waals surface area contributed by atoms with Crippen LogP contribution in [0.1, 0.15) is 29.9 Å². The molecule has 1 aromatic carbocycles. The monoisotopic (exact) mass is 290 g/mol. The first kappa shape index (κ1) is 15.0. The predicted molar refractivity (Wildman–Crippen MR) is 80.6 cm³/mol. The van der Waals surface area contributed by atoms with Gasteiger partial charge in [0, 0.05) is 11.4 Å². The molecule has 1 unspecified atom stereocenters. The van der Waals surface area contributed by atoms with Gasteiger partial charge in [-0.1, -0.05) is 0 Å². The summed E-state index contributed by atoms with van der Waals surface area (Å²) in [5, 5.41) is 6.90. The summed E-state index contributed by atoms with van der Waals surface area (Å²) in [4.78, 5) is 12.3. The van der Waals surface area contributed by atoms with E-state index in [-0.39, 0.29) is 11.6 Å². The van der Waals surface area contributed by atoms with Crippen LogP contribution in [0.3, 0.4) is 0 Å². The van der Waals surface area contributed by atoms with Gasteiger partial charge in [-0.05, 0) is 51.5 Å². The Hall–Kier alpha value is -2.37. The number of hydrogen-bond acceptors (Lipinski definition) is 3. The Bertz CT molecular complexity index is 693. The van der Waals surface area contributed by atoms with Gasteiger partial charge in [0.25, 0.3) is 0 Å². The van der Waals surface area contributed by atoms with Crippen molar-refractivity contribution in [1.82, 2.24) is 9.78 Å². The third-order valence-corrected chi connectivity index (χ3v) is 3.68. The number of benzene rings is 1. The van der Waals surface area contributed by atoms with Gasteiger partial charge >= 0.3 is 0 Å². The molecule has 1 heterocycles. The molecule has 2 aromatic rings. The Balaban J connectivity index is 2.23. The van der Waals surface area contributed by atoms with Crippen LogP contribution >= 0.6 is 0 Å². The standard InChI is InChI=1S/C15H19FN4O/c1-8-9(2)19-20(10(8)3)11(4)15(21)18-14-7-12(17)5-6-13(14)16/h5-7,11H,17H2,1-4H3,(H,18,21). The highest BCUT2D eigenvalue weighted by Gasteiger charge is 2.20. The molecule has 1 aromatic heterocycles. The molecule has 1 atom stereocenters. The Morgan fingerprint density at radius 1 is 1.38 bits per heavy atom. The van der Waals surface area contributed by atoms with Crippen LogP contribution in [0.25, 0.3) is 0 Å². The Morgan fingerprint density at radius 2 is 2.05 bits per heavy atom. The molecule has 21 heavy (non-hydrogen) atoms. The molecule has 0 radical (unpaired) electrons. The van der Waals surface area contributed by atoms with Gasteiger partial charge in [-0.15, -0.1) is 0 Å². The van der Waals surface area contributed by atoms with Gasteiger partial charge in [0.1, 0.15) is 11.9 Å². The van der Waals surface area contributed by atoms with Gasteiger partial charge < -0.3 is 11.1 Å². The molecule has 6 heteroatoms. The quantitative estimate of drug-likeness (QED) is 0.854. The zero-order chi connectivity index (χ0) is 15.7. The van der Waals surface area contributed by atoms with Gasteiger partial charge in [-0.25, -0.2) is 4.39 Å². The van der Waals surface area contributed by atoms with Crippen molar-refractivity contribution >= 4 is 17.3 Å². The molecule has 0 aliphatic rings. The molecule has 0 saturated carbocycles. The second kappa shape index (κ2) is 5.55. The number of carbonyl (C=O) groups excluding carboxylic acids is 1. The molecule has 5 nitrogen and oxygen atoms in total. The lowest BCUT2D eigenvalue weighted by molar-refractivity contribution is -0.119. The normalized spacial score (nSPS) is 12.2. The maximum Gasteiger partial charge on any atom is 0.249 e. The van der Waals surface area contributed by atoms with Crippen molar-refractivity contribution in [1.29, 1.82) is 0 Å². The number of aryl methyl sites for hydroxylation is 1. The Kier molecular flexibility index (Phi) is 3.97. The van der Waals surface area contributed by atoms with Crippen LogP contribution in [-0.2, 0) is 4.79 Å². The SMILES string of the molecule is Cc1nn(C(C)C(=O)Nc2cc(N)ccc2F)c(C)c1C. The van der Waals surface area contributed by atoms with Crippen LogP contribution in [0.4, 0.5) is 15.8 Å². The molecule has 0 aliphatic heterocycles. The number of amides is 1. The average molecular weight is 290 g/mol. The lowest BCUT2D eigenvalue weighted by Crippen LogP contribution is -2.25. The Morgan fingerprint density at radius 3 is 2.62 bits per heavy atom.